The third kappa shape index (κ3) is 3.80. The molecule has 8 heteroatoms. The number of carbonyl (C=O) groups is 1. The van der Waals surface area contributed by atoms with E-state index >= 15 is 0 Å². The number of anilines is 2. The van der Waals surface area contributed by atoms with Crippen LogP contribution in [-0.4, -0.2) is 70.0 Å². The van der Waals surface area contributed by atoms with Crippen LogP contribution in [0.1, 0.15) is 30.8 Å². The van der Waals surface area contributed by atoms with E-state index in [0.29, 0.717) is 30.0 Å². The van der Waals surface area contributed by atoms with Crippen LogP contribution in [0.4, 0.5) is 11.5 Å². The van der Waals surface area contributed by atoms with Gasteiger partial charge in [0.05, 0.1) is 29.0 Å². The fourth-order valence-corrected chi connectivity index (χ4v) is 3.63. The third-order valence-corrected chi connectivity index (χ3v) is 5.51. The summed E-state index contributed by atoms with van der Waals surface area (Å²) in [6, 6.07) is 7.52. The monoisotopic (exact) mass is 404 g/mol. The summed E-state index contributed by atoms with van der Waals surface area (Å²) in [7, 11) is 0. The van der Waals surface area contributed by atoms with Crippen LogP contribution >= 0.6 is 0 Å². The van der Waals surface area contributed by atoms with Gasteiger partial charge in [0, 0.05) is 38.7 Å². The Balaban J connectivity index is 1.55. The summed E-state index contributed by atoms with van der Waals surface area (Å²) >= 11 is 0. The van der Waals surface area contributed by atoms with Gasteiger partial charge < -0.3 is 15.5 Å². The highest BCUT2D eigenvalue weighted by atomic mass is 16.2. The maximum absolute atomic E-state index is 11.5. The van der Waals surface area contributed by atoms with Crippen molar-refractivity contribution in [3.63, 3.8) is 0 Å². The first-order valence-corrected chi connectivity index (χ1v) is 10.1. The van der Waals surface area contributed by atoms with Crippen molar-refractivity contribution in [2.45, 2.75) is 13.8 Å². The molecule has 3 N–H and O–H groups in total. The molecule has 0 aliphatic carbocycles. The van der Waals surface area contributed by atoms with Crippen molar-refractivity contribution >= 4 is 34.9 Å². The van der Waals surface area contributed by atoms with Gasteiger partial charge in [-0.05, 0) is 25.1 Å². The normalized spacial score (nSPS) is 15.9. The minimum atomic E-state index is 0.1000. The average Bonchev–Trinajstić information content (AvgIpc) is 2.74. The Morgan fingerprint density at radius 3 is 2.67 bits per heavy atom. The molecule has 4 rings (SSSR count). The number of nitrogens with one attached hydrogen (secondary N) is 1. The van der Waals surface area contributed by atoms with Gasteiger partial charge in [-0.2, -0.15) is 0 Å². The largest absolute Gasteiger partial charge is 0.397 e. The van der Waals surface area contributed by atoms with E-state index < -0.39 is 0 Å². The molecule has 2 aliphatic heterocycles. The van der Waals surface area contributed by atoms with E-state index in [-0.39, 0.29) is 11.6 Å². The minimum Gasteiger partial charge on any atom is -0.397 e. The molecule has 0 radical (unpaired) electrons. The molecule has 1 fully saturated rings. The molecule has 154 valence electrons. The Morgan fingerprint density at radius 2 is 2.00 bits per heavy atom. The Hall–Kier alpha value is -3.55. The van der Waals surface area contributed by atoms with Crippen molar-refractivity contribution in [2.24, 2.45) is 0 Å². The summed E-state index contributed by atoms with van der Waals surface area (Å²) in [6.07, 6.45) is 5.67. The molecular weight excluding hydrogens is 378 g/mol. The molecule has 0 saturated carbocycles. The number of nitrogens with zero attached hydrogens (tertiary/aromatic N) is 5. The standard InChI is InChI=1S/C22H26N7O/c1-3-27-13-16(14-27)20-11-17(18(23)12-25-20)22(24)19-5-4-6-21(26-19)29-9-7-28(8-10-29)15(2)30/h4-6,11-14,24H,3,7-10,23H2,1-2H3/q+1. The molecule has 1 saturated heterocycles. The van der Waals surface area contributed by atoms with Gasteiger partial charge in [0.25, 0.3) is 0 Å². The number of piperazine rings is 1. The lowest BCUT2D eigenvalue weighted by atomic mass is 10.0. The molecule has 0 atom stereocenters. The molecule has 0 unspecified atom stereocenters. The predicted molar refractivity (Wildman–Crippen MR) is 118 cm³/mol. The minimum absolute atomic E-state index is 0.1000. The SMILES string of the molecule is CC[N+]1=CC(c2cc(C(=N)c3cccc(N4CCN(C(C)=O)CC4)n3)c(N)cn2)=C1. The van der Waals surface area contributed by atoms with Crippen LogP contribution in [0.2, 0.25) is 0 Å². The lowest BCUT2D eigenvalue weighted by Crippen LogP contribution is -2.48. The summed E-state index contributed by atoms with van der Waals surface area (Å²) in [5, 5.41) is 8.72. The Bertz CT molecular complexity index is 1060. The van der Waals surface area contributed by atoms with Crippen molar-refractivity contribution in [3.8, 4) is 0 Å². The predicted octanol–water partition coefficient (Wildman–Crippen LogP) is 1.60. The molecule has 0 spiro atoms. The Morgan fingerprint density at radius 1 is 1.27 bits per heavy atom. The lowest BCUT2D eigenvalue weighted by Gasteiger charge is -2.35. The van der Waals surface area contributed by atoms with Crippen LogP contribution in [0.25, 0.3) is 5.57 Å². The van der Waals surface area contributed by atoms with Crippen molar-refractivity contribution in [1.82, 2.24) is 14.9 Å². The number of aromatic nitrogens is 2. The molecule has 0 aromatic carbocycles. The lowest BCUT2D eigenvalue weighted by molar-refractivity contribution is -0.454. The van der Waals surface area contributed by atoms with Crippen LogP contribution in [0, 0.1) is 5.41 Å². The molecule has 4 heterocycles. The number of nitrogens with two attached hydrogens (primary N) is 1. The van der Waals surface area contributed by atoms with E-state index in [0.717, 1.165) is 36.7 Å². The fourth-order valence-electron chi connectivity index (χ4n) is 3.63. The molecule has 2 aromatic rings. The zero-order chi connectivity index (χ0) is 21.3. The summed E-state index contributed by atoms with van der Waals surface area (Å²) in [6.45, 7) is 7.41. The van der Waals surface area contributed by atoms with Crippen LogP contribution in [0.15, 0.2) is 36.7 Å². The molecule has 1 amide bonds. The van der Waals surface area contributed by atoms with Gasteiger partial charge in [0.2, 0.25) is 5.91 Å². The number of allylic oxidation sites excluding steroid dienone is 1. The molecule has 2 aromatic heterocycles. The van der Waals surface area contributed by atoms with Gasteiger partial charge >= 0.3 is 0 Å². The number of pyridine rings is 2. The van der Waals surface area contributed by atoms with Crippen molar-refractivity contribution in [2.75, 3.05) is 43.4 Å². The van der Waals surface area contributed by atoms with Gasteiger partial charge in [-0.1, -0.05) is 6.07 Å². The van der Waals surface area contributed by atoms with Gasteiger partial charge in [-0.25, -0.2) is 9.56 Å². The quantitative estimate of drug-likeness (QED) is 0.582. The summed E-state index contributed by atoms with van der Waals surface area (Å²) < 4.78 is 2.08. The molecule has 0 bridgehead atoms. The van der Waals surface area contributed by atoms with E-state index in [2.05, 4.69) is 21.4 Å². The topological polar surface area (TPSA) is 102 Å². The highest BCUT2D eigenvalue weighted by Crippen LogP contribution is 2.23. The molecular formula is C22H26N7O+. The van der Waals surface area contributed by atoms with Crippen molar-refractivity contribution in [3.05, 3.63) is 53.6 Å². The van der Waals surface area contributed by atoms with E-state index in [1.807, 2.05) is 41.6 Å². The second kappa shape index (κ2) is 8.06. The number of hydrogen-bond acceptors (Lipinski definition) is 6. The Kier molecular flexibility index (Phi) is 5.31. The van der Waals surface area contributed by atoms with E-state index in [1.54, 1.807) is 13.1 Å². The summed E-state index contributed by atoms with van der Waals surface area (Å²) in [5.41, 5.74) is 9.88. The van der Waals surface area contributed by atoms with Crippen molar-refractivity contribution < 1.29 is 9.37 Å². The maximum Gasteiger partial charge on any atom is 0.219 e. The van der Waals surface area contributed by atoms with Crippen LogP contribution in [0.3, 0.4) is 0 Å². The Labute approximate surface area is 175 Å². The zero-order valence-electron chi connectivity index (χ0n) is 17.3. The van der Waals surface area contributed by atoms with E-state index in [9.17, 15) is 4.79 Å². The summed E-state index contributed by atoms with van der Waals surface area (Å²) in [5.74, 6) is 0.907. The van der Waals surface area contributed by atoms with Crippen LogP contribution < -0.4 is 10.6 Å². The molecule has 8 nitrogen and oxygen atoms in total. The van der Waals surface area contributed by atoms with Crippen molar-refractivity contribution in [1.29, 1.82) is 5.41 Å². The highest BCUT2D eigenvalue weighted by Gasteiger charge is 2.22. The number of rotatable bonds is 5. The number of hydrogen-bond donors (Lipinski definition) is 2. The first kappa shape index (κ1) is 19.8. The van der Waals surface area contributed by atoms with Gasteiger partial charge in [0.15, 0.2) is 12.4 Å². The fraction of sp³-hybridized carbons (Fsp3) is 0.318. The van der Waals surface area contributed by atoms with Crippen LogP contribution in [0.5, 0.6) is 0 Å². The van der Waals surface area contributed by atoms with E-state index in [4.69, 9.17) is 16.1 Å². The van der Waals surface area contributed by atoms with Gasteiger partial charge in [-0.3, -0.25) is 15.2 Å². The van der Waals surface area contributed by atoms with E-state index in [1.165, 1.54) is 0 Å². The number of carbonyl (C=O) groups excluding carboxylic acids is 1. The second-order valence-corrected chi connectivity index (χ2v) is 7.45. The second-order valence-electron chi connectivity index (χ2n) is 7.45. The highest BCUT2D eigenvalue weighted by molar-refractivity contribution is 6.15. The zero-order valence-corrected chi connectivity index (χ0v) is 17.3. The maximum atomic E-state index is 11.5. The third-order valence-electron chi connectivity index (χ3n) is 5.51. The average molecular weight is 404 g/mol. The molecule has 30 heavy (non-hydrogen) atoms. The number of amides is 1. The van der Waals surface area contributed by atoms with Crippen LogP contribution in [-0.2, 0) is 4.79 Å². The first-order valence-electron chi connectivity index (χ1n) is 10.1. The number of nitrogen functional groups attached to an aromatic ring is 1. The summed E-state index contributed by atoms with van der Waals surface area (Å²) in [4.78, 5) is 24.7. The van der Waals surface area contributed by atoms with Gasteiger partial charge in [-0.15, -0.1) is 0 Å². The van der Waals surface area contributed by atoms with Gasteiger partial charge in [0.1, 0.15) is 17.9 Å². The molecule has 2 aliphatic rings. The smallest absolute Gasteiger partial charge is 0.219 e. The first-order chi connectivity index (χ1) is 14.5.